The molecule has 0 aromatic heterocycles. The van der Waals surface area contributed by atoms with Gasteiger partial charge in [0.2, 0.25) is 0 Å². The number of fused-ring (bicyclic) bond motifs is 1. The van der Waals surface area contributed by atoms with Crippen LogP contribution in [0.3, 0.4) is 0 Å². The number of aromatic hydroxyl groups is 1. The summed E-state index contributed by atoms with van der Waals surface area (Å²) in [5, 5.41) is 11.6. The molecule has 2 aromatic carbocycles. The summed E-state index contributed by atoms with van der Waals surface area (Å²) in [7, 11) is 0. The second-order valence-corrected chi connectivity index (χ2v) is 3.76. The summed E-state index contributed by atoms with van der Waals surface area (Å²) < 4.78 is 0. The van der Waals surface area contributed by atoms with Crippen molar-refractivity contribution in [3.05, 3.63) is 42.0 Å². The summed E-state index contributed by atoms with van der Waals surface area (Å²) in [5.41, 5.74) is 6.75. The molecule has 0 unspecified atom stereocenters. The van der Waals surface area contributed by atoms with Gasteiger partial charge < -0.3 is 10.8 Å². The monoisotopic (exact) mass is 201 g/mol. The van der Waals surface area contributed by atoms with Crippen LogP contribution in [0, 0.1) is 0 Å². The van der Waals surface area contributed by atoms with Crippen LogP contribution < -0.4 is 5.73 Å². The van der Waals surface area contributed by atoms with Gasteiger partial charge in [-0.1, -0.05) is 24.3 Å². The van der Waals surface area contributed by atoms with Crippen molar-refractivity contribution in [3.8, 4) is 5.75 Å². The van der Waals surface area contributed by atoms with Crippen molar-refractivity contribution in [2.75, 3.05) is 6.54 Å². The molecule has 2 nitrogen and oxygen atoms in total. The number of nitrogens with two attached hydrogens (primary N) is 1. The highest BCUT2D eigenvalue weighted by Crippen LogP contribution is 2.21. The van der Waals surface area contributed by atoms with E-state index in [4.69, 9.17) is 5.73 Å². The van der Waals surface area contributed by atoms with Crippen molar-refractivity contribution in [2.24, 2.45) is 5.73 Å². The molecule has 78 valence electrons. The first-order valence-electron chi connectivity index (χ1n) is 5.21. The smallest absolute Gasteiger partial charge is 0.116 e. The van der Waals surface area contributed by atoms with E-state index in [-0.39, 0.29) is 0 Å². The van der Waals surface area contributed by atoms with Crippen LogP contribution in [0.25, 0.3) is 10.8 Å². The van der Waals surface area contributed by atoms with E-state index in [1.165, 1.54) is 5.56 Å². The maximum Gasteiger partial charge on any atom is 0.116 e. The minimum absolute atomic E-state index is 0.318. The molecular formula is C13H15NO. The lowest BCUT2D eigenvalue weighted by Crippen LogP contribution is -2.00. The first kappa shape index (κ1) is 9.99. The molecule has 0 fully saturated rings. The van der Waals surface area contributed by atoms with Crippen molar-refractivity contribution in [1.82, 2.24) is 0 Å². The van der Waals surface area contributed by atoms with E-state index in [1.807, 2.05) is 6.07 Å². The van der Waals surface area contributed by atoms with Gasteiger partial charge in [0.1, 0.15) is 5.75 Å². The quantitative estimate of drug-likeness (QED) is 0.801. The lowest BCUT2D eigenvalue weighted by Gasteiger charge is -2.03. The number of aryl methyl sites for hydroxylation is 1. The highest BCUT2D eigenvalue weighted by molar-refractivity contribution is 5.84. The van der Waals surface area contributed by atoms with Crippen molar-refractivity contribution in [3.63, 3.8) is 0 Å². The normalized spacial score (nSPS) is 10.7. The molecule has 15 heavy (non-hydrogen) atoms. The van der Waals surface area contributed by atoms with E-state index in [9.17, 15) is 5.11 Å². The maximum absolute atomic E-state index is 9.38. The van der Waals surface area contributed by atoms with Crippen LogP contribution in [0.2, 0.25) is 0 Å². The number of hydrogen-bond acceptors (Lipinski definition) is 2. The molecule has 0 atom stereocenters. The summed E-state index contributed by atoms with van der Waals surface area (Å²) in [6.45, 7) is 0.720. The minimum Gasteiger partial charge on any atom is -0.508 e. The Morgan fingerprint density at radius 2 is 1.80 bits per heavy atom. The summed E-state index contributed by atoms with van der Waals surface area (Å²) in [4.78, 5) is 0. The lowest BCUT2D eigenvalue weighted by molar-refractivity contribution is 0.476. The van der Waals surface area contributed by atoms with Gasteiger partial charge in [0.15, 0.2) is 0 Å². The summed E-state index contributed by atoms with van der Waals surface area (Å²) >= 11 is 0. The lowest BCUT2D eigenvalue weighted by atomic mass is 10.0. The molecule has 0 heterocycles. The Morgan fingerprint density at radius 3 is 2.60 bits per heavy atom. The summed E-state index contributed by atoms with van der Waals surface area (Å²) in [6.07, 6.45) is 2.01. The largest absolute Gasteiger partial charge is 0.508 e. The van der Waals surface area contributed by atoms with Crippen molar-refractivity contribution < 1.29 is 5.11 Å². The topological polar surface area (TPSA) is 46.2 Å². The molecule has 0 amide bonds. The van der Waals surface area contributed by atoms with E-state index in [0.717, 1.165) is 30.2 Å². The van der Waals surface area contributed by atoms with Gasteiger partial charge in [-0.15, -0.1) is 0 Å². The van der Waals surface area contributed by atoms with Gasteiger partial charge in [-0.2, -0.15) is 0 Å². The fourth-order valence-electron chi connectivity index (χ4n) is 1.75. The average molecular weight is 201 g/mol. The Bertz CT molecular complexity index is 465. The first-order valence-corrected chi connectivity index (χ1v) is 5.21. The number of benzene rings is 2. The molecule has 2 rings (SSSR count). The molecule has 0 radical (unpaired) electrons. The van der Waals surface area contributed by atoms with Crippen molar-refractivity contribution >= 4 is 10.8 Å². The van der Waals surface area contributed by atoms with Crippen LogP contribution in [0.1, 0.15) is 12.0 Å². The standard InChI is InChI=1S/C13H15NO/c14-7-1-2-10-3-4-11-5-6-13(15)9-12(11)8-10/h3-6,8-9,15H,1-2,7,14H2. The van der Waals surface area contributed by atoms with E-state index < -0.39 is 0 Å². The number of rotatable bonds is 3. The number of phenols is 1. The van der Waals surface area contributed by atoms with Crippen molar-refractivity contribution in [1.29, 1.82) is 0 Å². The highest BCUT2D eigenvalue weighted by atomic mass is 16.3. The fourth-order valence-corrected chi connectivity index (χ4v) is 1.75. The van der Waals surface area contributed by atoms with Gasteiger partial charge in [0, 0.05) is 0 Å². The predicted octanol–water partition coefficient (Wildman–Crippen LogP) is 2.44. The predicted molar refractivity (Wildman–Crippen MR) is 63.0 cm³/mol. The Labute approximate surface area is 89.3 Å². The van der Waals surface area contributed by atoms with Crippen molar-refractivity contribution in [2.45, 2.75) is 12.8 Å². The zero-order valence-corrected chi connectivity index (χ0v) is 8.61. The minimum atomic E-state index is 0.318. The zero-order valence-electron chi connectivity index (χ0n) is 8.61. The van der Waals surface area contributed by atoms with Crippen LogP contribution in [-0.4, -0.2) is 11.7 Å². The first-order chi connectivity index (χ1) is 7.29. The molecular weight excluding hydrogens is 186 g/mol. The molecule has 2 aromatic rings. The van der Waals surface area contributed by atoms with E-state index in [2.05, 4.69) is 18.2 Å². The van der Waals surface area contributed by atoms with Crippen LogP contribution in [0.5, 0.6) is 5.75 Å². The van der Waals surface area contributed by atoms with Gasteiger partial charge in [-0.05, 0) is 47.9 Å². The van der Waals surface area contributed by atoms with Gasteiger partial charge in [0.25, 0.3) is 0 Å². The highest BCUT2D eigenvalue weighted by Gasteiger charge is 1.97. The third kappa shape index (κ3) is 2.28. The summed E-state index contributed by atoms with van der Waals surface area (Å²) in [6, 6.07) is 11.8. The number of phenolic OH excluding ortho intramolecular Hbond substituents is 1. The van der Waals surface area contributed by atoms with Crippen LogP contribution in [0.15, 0.2) is 36.4 Å². The zero-order chi connectivity index (χ0) is 10.7. The molecule has 3 N–H and O–H groups in total. The molecule has 0 bridgehead atoms. The Kier molecular flexibility index (Phi) is 2.88. The molecule has 0 saturated carbocycles. The van der Waals surface area contributed by atoms with E-state index in [1.54, 1.807) is 12.1 Å². The van der Waals surface area contributed by atoms with Crippen LogP contribution in [0.4, 0.5) is 0 Å². The Hall–Kier alpha value is -1.54. The molecule has 0 aliphatic heterocycles. The molecule has 0 spiro atoms. The molecule has 2 heteroatoms. The average Bonchev–Trinajstić information content (AvgIpc) is 2.25. The Morgan fingerprint density at radius 1 is 1.00 bits per heavy atom. The molecule has 0 aliphatic rings. The fraction of sp³-hybridized carbons (Fsp3) is 0.231. The van der Waals surface area contributed by atoms with Crippen LogP contribution in [-0.2, 0) is 6.42 Å². The SMILES string of the molecule is NCCCc1ccc2ccc(O)cc2c1. The molecule has 0 saturated heterocycles. The Balaban J connectivity index is 2.36. The maximum atomic E-state index is 9.38. The van der Waals surface area contributed by atoms with Gasteiger partial charge >= 0.3 is 0 Å². The van der Waals surface area contributed by atoms with Gasteiger partial charge in [-0.3, -0.25) is 0 Å². The molecule has 0 aliphatic carbocycles. The summed E-state index contributed by atoms with van der Waals surface area (Å²) in [5.74, 6) is 0.318. The van der Waals surface area contributed by atoms with Gasteiger partial charge in [-0.25, -0.2) is 0 Å². The second-order valence-electron chi connectivity index (χ2n) is 3.76. The van der Waals surface area contributed by atoms with E-state index >= 15 is 0 Å². The van der Waals surface area contributed by atoms with Crippen LogP contribution >= 0.6 is 0 Å². The third-order valence-electron chi connectivity index (χ3n) is 2.56. The van der Waals surface area contributed by atoms with Gasteiger partial charge in [0.05, 0.1) is 0 Å². The van der Waals surface area contributed by atoms with E-state index in [0.29, 0.717) is 5.75 Å². The second kappa shape index (κ2) is 4.32. The third-order valence-corrected chi connectivity index (χ3v) is 2.56. The number of hydrogen-bond donors (Lipinski definition) is 2.